The van der Waals surface area contributed by atoms with E-state index in [1.165, 1.54) is 11.4 Å². The molecule has 0 fully saturated rings. The molecule has 23 heavy (non-hydrogen) atoms. The molecule has 8 nitrogen and oxygen atoms in total. The zero-order chi connectivity index (χ0) is 18.6. The Morgan fingerprint density at radius 2 is 1.39 bits per heavy atom. The Morgan fingerprint density at radius 3 is 1.65 bits per heavy atom. The summed E-state index contributed by atoms with van der Waals surface area (Å²) in [5.74, 6) is 0.749. The van der Waals surface area contributed by atoms with Gasteiger partial charge in [0.15, 0.2) is 4.67 Å². The minimum absolute atomic E-state index is 0.587. The Bertz CT molecular complexity index is 366. The molecule has 0 aromatic rings. The average Bonchev–Trinajstić information content (AvgIpc) is 2.32. The van der Waals surface area contributed by atoms with Crippen LogP contribution in [0.15, 0.2) is 0 Å². The molecule has 0 heterocycles. The SMILES string of the molecule is CCO[Si](CCCSP(O)(=S)S)(OCC)OCC.O=P(O)(O)O. The molecule has 0 saturated carbocycles. The van der Waals surface area contributed by atoms with E-state index in [1.54, 1.807) is 0 Å². The van der Waals surface area contributed by atoms with Crippen LogP contribution in [0.25, 0.3) is 0 Å². The van der Waals surface area contributed by atoms with Crippen molar-refractivity contribution in [3.63, 3.8) is 0 Å². The van der Waals surface area contributed by atoms with Gasteiger partial charge in [-0.3, -0.25) is 0 Å². The van der Waals surface area contributed by atoms with Gasteiger partial charge < -0.3 is 32.9 Å². The summed E-state index contributed by atoms with van der Waals surface area (Å²) in [7, 11) is -7.17. The Hall–Kier alpha value is 1.52. The maximum absolute atomic E-state index is 9.43. The molecule has 1 atom stereocenters. The molecular weight excluding hydrogens is 422 g/mol. The van der Waals surface area contributed by atoms with Crippen molar-refractivity contribution in [3.8, 4) is 0 Å². The molecule has 0 spiro atoms. The topological polar surface area (TPSA) is 126 Å². The zero-order valence-corrected chi connectivity index (χ0v) is 18.6. The normalized spacial score (nSPS) is 14.8. The molecule has 0 radical (unpaired) electrons. The maximum Gasteiger partial charge on any atom is 0.500 e. The first-order valence-corrected chi connectivity index (χ1v) is 15.8. The number of hydrogen-bond acceptors (Lipinski definition) is 6. The smallest absolute Gasteiger partial charge is 0.374 e. The van der Waals surface area contributed by atoms with Gasteiger partial charge in [0, 0.05) is 31.6 Å². The molecule has 0 rings (SSSR count). The van der Waals surface area contributed by atoms with E-state index in [0.717, 1.165) is 18.2 Å². The summed E-state index contributed by atoms with van der Waals surface area (Å²) in [6.07, 6.45) is 0.844. The molecule has 0 bridgehead atoms. The molecule has 0 aliphatic rings. The molecule has 1 unspecified atom stereocenters. The predicted octanol–water partition coefficient (Wildman–Crippen LogP) is 2.38. The summed E-state index contributed by atoms with van der Waals surface area (Å²) >= 11 is 10.2. The Labute approximate surface area is 152 Å². The fraction of sp³-hybridized carbons (Fsp3) is 1.00. The van der Waals surface area contributed by atoms with Crippen molar-refractivity contribution < 1.29 is 37.4 Å². The van der Waals surface area contributed by atoms with Crippen LogP contribution in [0.3, 0.4) is 0 Å². The summed E-state index contributed by atoms with van der Waals surface area (Å²) in [5.41, 5.74) is 0. The molecule has 142 valence electrons. The first-order valence-electron chi connectivity index (χ1n) is 6.79. The van der Waals surface area contributed by atoms with E-state index in [2.05, 4.69) is 12.2 Å². The lowest BCUT2D eigenvalue weighted by atomic mass is 10.6. The number of rotatable bonds is 11. The third-order valence-electron chi connectivity index (χ3n) is 1.98. The summed E-state index contributed by atoms with van der Waals surface area (Å²) in [6, 6.07) is 0.749. The van der Waals surface area contributed by atoms with Crippen LogP contribution in [-0.2, 0) is 29.6 Å². The third kappa shape index (κ3) is 21.5. The largest absolute Gasteiger partial charge is 0.500 e. The highest BCUT2D eigenvalue weighted by atomic mass is 33.2. The molecule has 0 aliphatic carbocycles. The standard InChI is InChI=1S/C9H23O4PS3Si.H3O4P/c1-4-11-18(12-5-2,13-6-3)9-7-8-17-14(10,15)16;1-5(2,3)4/h4-9H2,1-3H3,(H2,10,15,16);(H3,1,2,3,4). The van der Waals surface area contributed by atoms with E-state index in [9.17, 15) is 4.89 Å². The third-order valence-corrected chi connectivity index (χ3v) is 9.48. The summed E-state index contributed by atoms with van der Waals surface area (Å²) < 4.78 is 23.6. The maximum atomic E-state index is 9.43. The van der Waals surface area contributed by atoms with Gasteiger partial charge >= 0.3 is 16.6 Å². The molecule has 0 saturated heterocycles. The summed E-state index contributed by atoms with van der Waals surface area (Å²) in [5, 5.41) is 0. The van der Waals surface area contributed by atoms with E-state index < -0.39 is 21.3 Å². The lowest BCUT2D eigenvalue weighted by Crippen LogP contribution is -2.46. The van der Waals surface area contributed by atoms with Crippen LogP contribution >= 0.6 is 36.1 Å². The second-order valence-electron chi connectivity index (χ2n) is 3.92. The van der Waals surface area contributed by atoms with Gasteiger partial charge in [-0.05, 0) is 39.0 Å². The monoisotopic (exact) mass is 448 g/mol. The first kappa shape index (κ1) is 26.7. The first-order chi connectivity index (χ1) is 10.4. The Morgan fingerprint density at radius 1 is 1.04 bits per heavy atom. The van der Waals surface area contributed by atoms with E-state index in [4.69, 9.17) is 44.3 Å². The number of thiol groups is 1. The van der Waals surface area contributed by atoms with Crippen molar-refractivity contribution >= 4 is 56.7 Å². The second kappa shape index (κ2) is 13.7. The average molecular weight is 449 g/mol. The van der Waals surface area contributed by atoms with Crippen LogP contribution in [0.1, 0.15) is 27.2 Å². The van der Waals surface area contributed by atoms with Crippen molar-refractivity contribution in [2.75, 3.05) is 25.6 Å². The van der Waals surface area contributed by atoms with Crippen molar-refractivity contribution in [3.05, 3.63) is 0 Å². The summed E-state index contributed by atoms with van der Waals surface area (Å²) in [4.78, 5) is 31.0. The molecule has 0 aromatic heterocycles. The highest BCUT2D eigenvalue weighted by Crippen LogP contribution is 2.59. The lowest BCUT2D eigenvalue weighted by Gasteiger charge is -2.28. The van der Waals surface area contributed by atoms with Crippen molar-refractivity contribution in [1.29, 1.82) is 0 Å². The van der Waals surface area contributed by atoms with Gasteiger partial charge in [-0.1, -0.05) is 11.4 Å². The van der Waals surface area contributed by atoms with Gasteiger partial charge in [-0.25, -0.2) is 4.57 Å². The van der Waals surface area contributed by atoms with E-state index in [0.29, 0.717) is 19.8 Å². The molecule has 0 aromatic carbocycles. The summed E-state index contributed by atoms with van der Waals surface area (Å²) in [6.45, 7) is 7.58. The van der Waals surface area contributed by atoms with Gasteiger partial charge in [-0.15, -0.1) is 12.2 Å². The highest BCUT2D eigenvalue weighted by molar-refractivity contribution is 8.94. The van der Waals surface area contributed by atoms with E-state index >= 15 is 0 Å². The van der Waals surface area contributed by atoms with Crippen molar-refractivity contribution in [2.45, 2.75) is 33.2 Å². The minimum atomic E-state index is -4.64. The number of hydrogen-bond donors (Lipinski definition) is 5. The van der Waals surface area contributed by atoms with Crippen LogP contribution in [0, 0.1) is 0 Å². The lowest BCUT2D eigenvalue weighted by molar-refractivity contribution is 0.0712. The fourth-order valence-corrected chi connectivity index (χ4v) is 7.36. The predicted molar refractivity (Wildman–Crippen MR) is 102 cm³/mol. The van der Waals surface area contributed by atoms with Gasteiger partial charge in [-0.2, -0.15) is 0 Å². The quantitative estimate of drug-likeness (QED) is 0.139. The van der Waals surface area contributed by atoms with Crippen LogP contribution in [0.2, 0.25) is 6.04 Å². The van der Waals surface area contributed by atoms with Gasteiger partial charge in [0.25, 0.3) is 0 Å². The Kier molecular flexibility index (Phi) is 15.9. The highest BCUT2D eigenvalue weighted by Gasteiger charge is 2.39. The molecule has 14 heteroatoms. The van der Waals surface area contributed by atoms with Crippen LogP contribution in [-0.4, -0.2) is 54.0 Å². The van der Waals surface area contributed by atoms with Gasteiger partial charge in [0.05, 0.1) is 0 Å². The van der Waals surface area contributed by atoms with Gasteiger partial charge in [0.1, 0.15) is 0 Å². The van der Waals surface area contributed by atoms with Crippen molar-refractivity contribution in [1.82, 2.24) is 0 Å². The van der Waals surface area contributed by atoms with E-state index in [1.807, 2.05) is 20.8 Å². The molecule has 0 amide bonds. The fourth-order valence-electron chi connectivity index (χ4n) is 1.47. The van der Waals surface area contributed by atoms with Crippen molar-refractivity contribution in [2.24, 2.45) is 0 Å². The van der Waals surface area contributed by atoms with Gasteiger partial charge in [0.2, 0.25) is 0 Å². The second-order valence-corrected chi connectivity index (χ2v) is 17.3. The number of phosphoric acid groups is 1. The Balaban J connectivity index is 0. The van der Waals surface area contributed by atoms with Crippen LogP contribution in [0.5, 0.6) is 0 Å². The van der Waals surface area contributed by atoms with Crippen LogP contribution in [0.4, 0.5) is 0 Å². The minimum Gasteiger partial charge on any atom is -0.374 e. The zero-order valence-electron chi connectivity index (χ0n) is 13.3. The van der Waals surface area contributed by atoms with Crippen LogP contribution < -0.4 is 0 Å². The van der Waals surface area contributed by atoms with E-state index in [-0.39, 0.29) is 0 Å². The molecule has 0 aliphatic heterocycles. The molecule has 4 N–H and O–H groups in total. The molecular formula is C9H26O8P2S3Si.